The molecular weight excluding hydrogens is 418 g/mol. The summed E-state index contributed by atoms with van der Waals surface area (Å²) in [5.74, 6) is -0.297. The van der Waals surface area contributed by atoms with Crippen molar-refractivity contribution in [2.45, 2.75) is 57.7 Å². The third-order valence-electron chi connectivity index (χ3n) is 6.36. The summed E-state index contributed by atoms with van der Waals surface area (Å²) in [6.45, 7) is 1.16. The fourth-order valence-electron chi connectivity index (χ4n) is 4.62. The van der Waals surface area contributed by atoms with Gasteiger partial charge in [0.2, 0.25) is 0 Å². The monoisotopic (exact) mass is 445 g/mol. The van der Waals surface area contributed by atoms with Crippen molar-refractivity contribution in [3.63, 3.8) is 0 Å². The molecule has 0 radical (unpaired) electrons. The zero-order valence-corrected chi connectivity index (χ0v) is 18.4. The summed E-state index contributed by atoms with van der Waals surface area (Å²) >= 11 is 0. The van der Waals surface area contributed by atoms with E-state index in [4.69, 9.17) is 5.41 Å². The van der Waals surface area contributed by atoms with Gasteiger partial charge in [0.25, 0.3) is 11.5 Å². The first-order valence-corrected chi connectivity index (χ1v) is 11.5. The molecule has 0 bridgehead atoms. The van der Waals surface area contributed by atoms with Gasteiger partial charge in [-0.25, -0.2) is 9.97 Å². The van der Waals surface area contributed by atoms with Crippen LogP contribution in [0, 0.1) is 5.41 Å². The molecule has 9 nitrogen and oxygen atoms in total. The maximum Gasteiger partial charge on any atom is 0.267 e. The average molecular weight is 446 g/mol. The quantitative estimate of drug-likeness (QED) is 0.444. The molecule has 1 amide bonds. The Bertz CT molecular complexity index is 1410. The third kappa shape index (κ3) is 4.18. The molecule has 4 aromatic rings. The fourth-order valence-corrected chi connectivity index (χ4v) is 4.62. The number of amides is 1. The Labute approximate surface area is 190 Å². The topological polar surface area (TPSA) is 110 Å². The number of nitrogens with one attached hydrogen (secondary N) is 2. The van der Waals surface area contributed by atoms with Crippen LogP contribution in [0.2, 0.25) is 0 Å². The molecule has 0 aromatic carbocycles. The van der Waals surface area contributed by atoms with Crippen LogP contribution in [0.1, 0.15) is 48.9 Å². The van der Waals surface area contributed by atoms with Gasteiger partial charge in [0, 0.05) is 37.7 Å². The number of pyridine rings is 2. The molecular formula is C24H27N7O2. The van der Waals surface area contributed by atoms with Crippen LogP contribution in [0.15, 0.2) is 54.0 Å². The lowest BCUT2D eigenvalue weighted by Crippen LogP contribution is -2.40. The number of rotatable bonds is 6. The van der Waals surface area contributed by atoms with E-state index in [0.717, 1.165) is 25.7 Å². The minimum atomic E-state index is -0.297. The molecule has 0 unspecified atom stereocenters. The molecule has 5 rings (SSSR count). The van der Waals surface area contributed by atoms with Crippen molar-refractivity contribution < 1.29 is 4.79 Å². The first kappa shape index (κ1) is 21.1. The molecule has 4 aromatic heterocycles. The Balaban J connectivity index is 1.59. The van der Waals surface area contributed by atoms with E-state index in [-0.39, 0.29) is 28.6 Å². The number of aromatic nitrogens is 5. The van der Waals surface area contributed by atoms with Crippen LogP contribution in [-0.2, 0) is 13.1 Å². The smallest absolute Gasteiger partial charge is 0.267 e. The van der Waals surface area contributed by atoms with E-state index >= 15 is 0 Å². The highest BCUT2D eigenvalue weighted by molar-refractivity contribution is 5.97. The second-order valence-electron chi connectivity index (χ2n) is 8.60. The second-order valence-corrected chi connectivity index (χ2v) is 8.60. The summed E-state index contributed by atoms with van der Waals surface area (Å²) in [5, 5.41) is 12.3. The van der Waals surface area contributed by atoms with Gasteiger partial charge in [-0.15, -0.1) is 0 Å². The summed E-state index contributed by atoms with van der Waals surface area (Å²) in [7, 11) is 0. The summed E-state index contributed by atoms with van der Waals surface area (Å²) in [5.41, 5.74) is 0.984. The van der Waals surface area contributed by atoms with Crippen molar-refractivity contribution in [3.05, 3.63) is 70.6 Å². The lowest BCUT2D eigenvalue weighted by molar-refractivity contribution is 0.0925. The molecule has 0 atom stereocenters. The van der Waals surface area contributed by atoms with Gasteiger partial charge in [-0.1, -0.05) is 25.3 Å². The third-order valence-corrected chi connectivity index (χ3v) is 6.36. The normalized spacial score (nSPS) is 14.7. The van der Waals surface area contributed by atoms with Crippen LogP contribution in [0.4, 0.5) is 0 Å². The zero-order chi connectivity index (χ0) is 22.8. The Kier molecular flexibility index (Phi) is 5.77. The number of hydrogen-bond acceptors (Lipinski definition) is 5. The van der Waals surface area contributed by atoms with E-state index < -0.39 is 0 Å². The minimum absolute atomic E-state index is 0.0774. The minimum Gasteiger partial charge on any atom is -0.349 e. The van der Waals surface area contributed by atoms with Crippen LogP contribution < -0.4 is 16.4 Å². The molecule has 0 aliphatic heterocycles. The molecule has 33 heavy (non-hydrogen) atoms. The van der Waals surface area contributed by atoms with E-state index in [0.29, 0.717) is 36.2 Å². The van der Waals surface area contributed by atoms with Gasteiger partial charge in [0.05, 0.1) is 17.3 Å². The van der Waals surface area contributed by atoms with Crippen molar-refractivity contribution in [1.82, 2.24) is 28.8 Å². The van der Waals surface area contributed by atoms with E-state index in [1.807, 2.05) is 16.8 Å². The van der Waals surface area contributed by atoms with Crippen LogP contribution in [-0.4, -0.2) is 35.5 Å². The standard InChI is InChI=1S/C24H27N7O2/c25-21-18(23(32)27-17-7-2-1-3-8-17)15-19-22(28-20-9-4-5-12-30(20)24(19)33)31(21)13-6-11-29-14-10-26-16-29/h4-5,9-10,12,14-17,25H,1-3,6-8,11,13H2,(H,27,32). The Morgan fingerprint density at radius 1 is 1.15 bits per heavy atom. The molecule has 170 valence electrons. The van der Waals surface area contributed by atoms with E-state index in [9.17, 15) is 9.59 Å². The predicted molar refractivity (Wildman–Crippen MR) is 124 cm³/mol. The molecule has 0 saturated heterocycles. The molecule has 1 saturated carbocycles. The molecule has 1 aliphatic carbocycles. The van der Waals surface area contributed by atoms with Gasteiger partial charge in [0.1, 0.15) is 16.8 Å². The number of imidazole rings is 1. The summed E-state index contributed by atoms with van der Waals surface area (Å²) < 4.78 is 5.13. The molecule has 0 spiro atoms. The van der Waals surface area contributed by atoms with Crippen molar-refractivity contribution in [3.8, 4) is 0 Å². The lowest BCUT2D eigenvalue weighted by atomic mass is 9.95. The van der Waals surface area contributed by atoms with Gasteiger partial charge >= 0.3 is 0 Å². The first-order chi connectivity index (χ1) is 16.1. The van der Waals surface area contributed by atoms with Crippen molar-refractivity contribution in [1.29, 1.82) is 5.41 Å². The van der Waals surface area contributed by atoms with Crippen molar-refractivity contribution in [2.24, 2.45) is 0 Å². The lowest BCUT2D eigenvalue weighted by Gasteiger charge is -2.23. The first-order valence-electron chi connectivity index (χ1n) is 11.5. The number of hydrogen-bond donors (Lipinski definition) is 2. The molecule has 4 heterocycles. The number of aryl methyl sites for hydroxylation is 2. The summed E-state index contributed by atoms with van der Waals surface area (Å²) in [6, 6.07) is 7.02. The van der Waals surface area contributed by atoms with E-state index in [2.05, 4.69) is 15.3 Å². The molecule has 1 fully saturated rings. The second kappa shape index (κ2) is 9.01. The van der Waals surface area contributed by atoms with Crippen LogP contribution in [0.5, 0.6) is 0 Å². The Hall–Kier alpha value is -3.75. The van der Waals surface area contributed by atoms with E-state index in [1.54, 1.807) is 35.4 Å². The van der Waals surface area contributed by atoms with Crippen molar-refractivity contribution >= 4 is 22.6 Å². The molecule has 2 N–H and O–H groups in total. The zero-order valence-electron chi connectivity index (χ0n) is 18.4. The summed E-state index contributed by atoms with van der Waals surface area (Å²) in [6.07, 6.45) is 13.0. The average Bonchev–Trinajstić information content (AvgIpc) is 3.35. The van der Waals surface area contributed by atoms with Crippen molar-refractivity contribution in [2.75, 3.05) is 0 Å². The highest BCUT2D eigenvalue weighted by Gasteiger charge is 2.21. The fraction of sp³-hybridized carbons (Fsp3) is 0.375. The summed E-state index contributed by atoms with van der Waals surface area (Å²) in [4.78, 5) is 35.2. The SMILES string of the molecule is N=c1c(C(=O)NC2CCCCC2)cc2c(=O)n3ccccc3nc2n1CCCn1ccnc1. The molecule has 1 aliphatic rings. The number of nitrogens with zero attached hydrogens (tertiary/aromatic N) is 5. The van der Waals surface area contributed by atoms with Crippen LogP contribution in [0.3, 0.4) is 0 Å². The molecule has 9 heteroatoms. The predicted octanol–water partition coefficient (Wildman–Crippen LogP) is 2.48. The number of fused-ring (bicyclic) bond motifs is 2. The van der Waals surface area contributed by atoms with Gasteiger partial charge in [-0.2, -0.15) is 0 Å². The van der Waals surface area contributed by atoms with E-state index in [1.165, 1.54) is 16.9 Å². The number of carbonyl (C=O) groups is 1. The maximum absolute atomic E-state index is 13.3. The largest absolute Gasteiger partial charge is 0.349 e. The Morgan fingerprint density at radius 3 is 2.79 bits per heavy atom. The van der Waals surface area contributed by atoms with Gasteiger partial charge in [-0.3, -0.25) is 19.4 Å². The maximum atomic E-state index is 13.3. The highest BCUT2D eigenvalue weighted by atomic mass is 16.2. The Morgan fingerprint density at radius 2 is 2.00 bits per heavy atom. The van der Waals surface area contributed by atoms with Gasteiger partial charge in [-0.05, 0) is 37.5 Å². The van der Waals surface area contributed by atoms with Gasteiger partial charge in [0.15, 0.2) is 0 Å². The van der Waals surface area contributed by atoms with Crippen LogP contribution in [0.25, 0.3) is 16.7 Å². The number of carbonyl (C=O) groups excluding carboxylic acids is 1. The van der Waals surface area contributed by atoms with Gasteiger partial charge < -0.3 is 14.5 Å². The highest BCUT2D eigenvalue weighted by Crippen LogP contribution is 2.18. The van der Waals surface area contributed by atoms with Crippen LogP contribution >= 0.6 is 0 Å².